The molecule has 3 rings (SSSR count). The fourth-order valence-corrected chi connectivity index (χ4v) is 2.13. The molecule has 108 valence electrons. The van der Waals surface area contributed by atoms with Gasteiger partial charge in [-0.25, -0.2) is 9.97 Å². The largest absolute Gasteiger partial charge is 0.493 e. The number of nitrogens with two attached hydrogens (primary N) is 2. The number of ether oxygens (including phenoxy) is 2. The van der Waals surface area contributed by atoms with E-state index in [0.29, 0.717) is 40.0 Å². The van der Waals surface area contributed by atoms with E-state index in [1.807, 2.05) is 6.07 Å². The minimum Gasteiger partial charge on any atom is -0.493 e. The molecular weight excluding hydrogens is 270 g/mol. The summed E-state index contributed by atoms with van der Waals surface area (Å²) < 4.78 is 10.5. The Morgan fingerprint density at radius 2 is 1.71 bits per heavy atom. The summed E-state index contributed by atoms with van der Waals surface area (Å²) in [5, 5.41) is 0. The molecular formula is C14H15N5O2. The van der Waals surface area contributed by atoms with Crippen molar-refractivity contribution in [3.63, 3.8) is 0 Å². The van der Waals surface area contributed by atoms with Gasteiger partial charge in [-0.3, -0.25) is 0 Å². The highest BCUT2D eigenvalue weighted by Gasteiger charge is 2.14. The molecule has 0 aliphatic carbocycles. The van der Waals surface area contributed by atoms with Crippen molar-refractivity contribution in [2.45, 2.75) is 0 Å². The van der Waals surface area contributed by atoms with Crippen LogP contribution < -0.4 is 20.9 Å². The monoisotopic (exact) mass is 285 g/mol. The van der Waals surface area contributed by atoms with Crippen LogP contribution in [-0.2, 0) is 0 Å². The molecule has 0 unspecified atom stereocenters. The molecule has 0 spiro atoms. The van der Waals surface area contributed by atoms with E-state index in [4.69, 9.17) is 20.9 Å². The number of rotatable bonds is 3. The fourth-order valence-electron chi connectivity index (χ4n) is 2.13. The smallest absolute Gasteiger partial charge is 0.180 e. The number of nitrogen functional groups attached to an aromatic ring is 2. The van der Waals surface area contributed by atoms with Gasteiger partial charge in [-0.1, -0.05) is 0 Å². The first-order valence-corrected chi connectivity index (χ1v) is 6.26. The van der Waals surface area contributed by atoms with Gasteiger partial charge in [0.15, 0.2) is 17.1 Å². The molecule has 0 bridgehead atoms. The number of H-pyrrole nitrogens is 1. The molecule has 0 atom stereocenters. The number of nitrogens with zero attached hydrogens (tertiary/aromatic N) is 2. The van der Waals surface area contributed by atoms with Crippen LogP contribution in [0.15, 0.2) is 24.3 Å². The highest BCUT2D eigenvalue weighted by atomic mass is 16.5. The van der Waals surface area contributed by atoms with Crippen molar-refractivity contribution in [1.82, 2.24) is 15.0 Å². The van der Waals surface area contributed by atoms with Crippen molar-refractivity contribution in [1.29, 1.82) is 0 Å². The van der Waals surface area contributed by atoms with Crippen LogP contribution in [0.5, 0.6) is 11.5 Å². The Balaban J connectivity index is 2.17. The molecule has 2 heterocycles. The number of fused-ring (bicyclic) bond motifs is 1. The molecule has 5 N–H and O–H groups in total. The first-order valence-electron chi connectivity index (χ1n) is 6.26. The normalized spacial score (nSPS) is 10.8. The molecule has 3 aromatic rings. The van der Waals surface area contributed by atoms with Crippen LogP contribution in [0, 0.1) is 0 Å². The zero-order chi connectivity index (χ0) is 15.0. The summed E-state index contributed by atoms with van der Waals surface area (Å²) in [6.07, 6.45) is 0. The number of nitrogens with one attached hydrogen (secondary N) is 1. The number of hydrogen-bond acceptors (Lipinski definition) is 6. The Labute approximate surface area is 120 Å². The van der Waals surface area contributed by atoms with Gasteiger partial charge in [-0.05, 0) is 18.2 Å². The van der Waals surface area contributed by atoms with E-state index >= 15 is 0 Å². The Morgan fingerprint density at radius 3 is 2.43 bits per heavy atom. The van der Waals surface area contributed by atoms with Gasteiger partial charge in [0, 0.05) is 17.3 Å². The van der Waals surface area contributed by atoms with Gasteiger partial charge in [-0.15, -0.1) is 0 Å². The number of anilines is 2. The van der Waals surface area contributed by atoms with Gasteiger partial charge < -0.3 is 25.9 Å². The highest BCUT2D eigenvalue weighted by Crippen LogP contribution is 2.36. The molecule has 21 heavy (non-hydrogen) atoms. The van der Waals surface area contributed by atoms with Crippen molar-refractivity contribution in [3.05, 3.63) is 24.3 Å². The molecule has 0 saturated carbocycles. The molecule has 0 aliphatic heterocycles. The molecule has 7 heteroatoms. The van der Waals surface area contributed by atoms with E-state index < -0.39 is 0 Å². The van der Waals surface area contributed by atoms with Crippen LogP contribution in [0.1, 0.15) is 0 Å². The van der Waals surface area contributed by atoms with Crippen LogP contribution in [0.4, 0.5) is 11.5 Å². The predicted octanol–water partition coefficient (Wildman–Crippen LogP) is 1.81. The van der Waals surface area contributed by atoms with Crippen molar-refractivity contribution in [2.24, 2.45) is 0 Å². The molecule has 0 radical (unpaired) electrons. The maximum Gasteiger partial charge on any atom is 0.180 e. The topological polar surface area (TPSA) is 112 Å². The average Bonchev–Trinajstić information content (AvgIpc) is 2.89. The minimum atomic E-state index is 0.417. The third-order valence-corrected chi connectivity index (χ3v) is 3.18. The molecule has 0 fully saturated rings. The average molecular weight is 285 g/mol. The first-order chi connectivity index (χ1) is 10.1. The zero-order valence-electron chi connectivity index (χ0n) is 11.7. The number of benzene rings is 1. The van der Waals surface area contributed by atoms with Crippen molar-refractivity contribution < 1.29 is 9.47 Å². The third kappa shape index (κ3) is 2.18. The van der Waals surface area contributed by atoms with Gasteiger partial charge >= 0.3 is 0 Å². The Kier molecular flexibility index (Phi) is 3.02. The standard InChI is InChI=1S/C14H15N5O2/c1-20-10-5-7(8(15)6-11(10)21-2)13-17-9-3-4-12(16)18-14(9)19-13/h3-6H,15H2,1-2H3,(H3,16,17,18,19). The lowest BCUT2D eigenvalue weighted by Crippen LogP contribution is -1.96. The maximum atomic E-state index is 6.06. The van der Waals surface area contributed by atoms with E-state index in [2.05, 4.69) is 15.0 Å². The summed E-state index contributed by atoms with van der Waals surface area (Å²) in [5.41, 5.74) is 14.3. The minimum absolute atomic E-state index is 0.417. The first kappa shape index (κ1) is 13.0. The Bertz CT molecular complexity index is 812. The number of aromatic amines is 1. The van der Waals surface area contributed by atoms with Crippen LogP contribution in [0.25, 0.3) is 22.6 Å². The zero-order valence-corrected chi connectivity index (χ0v) is 11.7. The predicted molar refractivity (Wildman–Crippen MR) is 81.3 cm³/mol. The second kappa shape index (κ2) is 4.86. The van der Waals surface area contributed by atoms with Crippen LogP contribution >= 0.6 is 0 Å². The summed E-state index contributed by atoms with van der Waals surface area (Å²) in [5.74, 6) is 2.16. The summed E-state index contributed by atoms with van der Waals surface area (Å²) in [6, 6.07) is 7.01. The summed E-state index contributed by atoms with van der Waals surface area (Å²) in [4.78, 5) is 11.7. The lowest BCUT2D eigenvalue weighted by molar-refractivity contribution is 0.355. The second-order valence-corrected chi connectivity index (χ2v) is 4.49. The van der Waals surface area contributed by atoms with Gasteiger partial charge in [0.2, 0.25) is 0 Å². The molecule has 7 nitrogen and oxygen atoms in total. The summed E-state index contributed by atoms with van der Waals surface area (Å²) in [6.45, 7) is 0. The van der Waals surface area contributed by atoms with Crippen LogP contribution in [-0.4, -0.2) is 29.2 Å². The van der Waals surface area contributed by atoms with E-state index in [1.165, 1.54) is 0 Å². The second-order valence-electron chi connectivity index (χ2n) is 4.49. The van der Waals surface area contributed by atoms with E-state index in [9.17, 15) is 0 Å². The lowest BCUT2D eigenvalue weighted by Gasteiger charge is -2.11. The Morgan fingerprint density at radius 1 is 1.00 bits per heavy atom. The number of methoxy groups -OCH3 is 2. The SMILES string of the molecule is COc1cc(N)c(-c2nc3nc(N)ccc3[nH]2)cc1OC. The van der Waals surface area contributed by atoms with Gasteiger partial charge in [0.1, 0.15) is 11.6 Å². The van der Waals surface area contributed by atoms with E-state index in [0.717, 1.165) is 5.52 Å². The third-order valence-electron chi connectivity index (χ3n) is 3.18. The Hall–Kier alpha value is -2.96. The number of aromatic nitrogens is 3. The fraction of sp³-hybridized carbons (Fsp3) is 0.143. The van der Waals surface area contributed by atoms with E-state index in [1.54, 1.807) is 32.4 Å². The number of pyridine rings is 1. The van der Waals surface area contributed by atoms with E-state index in [-0.39, 0.29) is 0 Å². The maximum absolute atomic E-state index is 6.06. The van der Waals surface area contributed by atoms with Gasteiger partial charge in [-0.2, -0.15) is 0 Å². The molecule has 2 aromatic heterocycles. The highest BCUT2D eigenvalue weighted by molar-refractivity contribution is 5.82. The number of imidazole rings is 1. The quantitative estimate of drug-likeness (QED) is 0.633. The number of hydrogen-bond donors (Lipinski definition) is 3. The summed E-state index contributed by atoms with van der Waals surface area (Å²) >= 11 is 0. The van der Waals surface area contributed by atoms with Crippen LogP contribution in [0.3, 0.4) is 0 Å². The molecule has 1 aromatic carbocycles. The summed E-state index contributed by atoms with van der Waals surface area (Å²) in [7, 11) is 3.13. The van der Waals surface area contributed by atoms with Crippen molar-refractivity contribution in [2.75, 3.05) is 25.7 Å². The molecule has 0 aliphatic rings. The lowest BCUT2D eigenvalue weighted by atomic mass is 10.1. The van der Waals surface area contributed by atoms with Gasteiger partial charge in [0.25, 0.3) is 0 Å². The molecule has 0 saturated heterocycles. The molecule has 0 amide bonds. The van der Waals surface area contributed by atoms with Crippen LogP contribution in [0.2, 0.25) is 0 Å². The van der Waals surface area contributed by atoms with Crippen molar-refractivity contribution >= 4 is 22.7 Å². The van der Waals surface area contributed by atoms with Gasteiger partial charge in [0.05, 0.1) is 19.7 Å². The van der Waals surface area contributed by atoms with Crippen molar-refractivity contribution in [3.8, 4) is 22.9 Å².